The molecule has 19 heavy (non-hydrogen) atoms. The number of carbonyl (C=O) groups is 1. The molecule has 2 N–H and O–H groups in total. The van der Waals surface area contributed by atoms with Crippen molar-refractivity contribution < 1.29 is 23.1 Å². The van der Waals surface area contributed by atoms with Crippen LogP contribution >= 0.6 is 0 Å². The number of nitrogens with one attached hydrogen (secondary N) is 1. The zero-order valence-electron chi connectivity index (χ0n) is 10.8. The van der Waals surface area contributed by atoms with E-state index in [9.17, 15) is 13.2 Å². The molecule has 1 rings (SSSR count). The van der Waals surface area contributed by atoms with Crippen LogP contribution in [-0.4, -0.2) is 38.4 Å². The Morgan fingerprint density at radius 1 is 1.37 bits per heavy atom. The largest absolute Gasteiger partial charge is 0.497 e. The Morgan fingerprint density at radius 3 is 2.42 bits per heavy atom. The fraction of sp³-hybridized carbons (Fsp3) is 0.417. The highest BCUT2D eigenvalue weighted by Gasteiger charge is 2.19. The molecule has 0 aliphatic heterocycles. The molecule has 0 unspecified atom stereocenters. The fourth-order valence-electron chi connectivity index (χ4n) is 1.42. The molecule has 0 bridgehead atoms. The van der Waals surface area contributed by atoms with E-state index >= 15 is 0 Å². The summed E-state index contributed by atoms with van der Waals surface area (Å²) in [5.74, 6) is -0.658. The van der Waals surface area contributed by atoms with Gasteiger partial charge in [-0.2, -0.15) is 0 Å². The zero-order valence-corrected chi connectivity index (χ0v) is 11.6. The lowest BCUT2D eigenvalue weighted by Crippen LogP contribution is -2.39. The summed E-state index contributed by atoms with van der Waals surface area (Å²) in [4.78, 5) is 10.6. The van der Waals surface area contributed by atoms with Crippen LogP contribution in [-0.2, 0) is 21.2 Å². The number of carboxylic acid groups (broad SMARTS) is 1. The summed E-state index contributed by atoms with van der Waals surface area (Å²) in [5, 5.41) is 8.65. The van der Waals surface area contributed by atoms with Crippen LogP contribution in [0.25, 0.3) is 0 Å². The molecule has 7 heteroatoms. The van der Waals surface area contributed by atoms with Gasteiger partial charge in [0, 0.05) is 0 Å². The first-order valence-electron chi connectivity index (χ1n) is 5.70. The lowest BCUT2D eigenvalue weighted by atomic mass is 10.2. The van der Waals surface area contributed by atoms with Gasteiger partial charge in [0.1, 0.15) is 11.8 Å². The molecule has 0 aliphatic rings. The van der Waals surface area contributed by atoms with E-state index in [1.54, 1.807) is 31.4 Å². The third-order valence-corrected chi connectivity index (χ3v) is 4.00. The Balaban J connectivity index is 2.57. The van der Waals surface area contributed by atoms with Crippen LogP contribution in [0.15, 0.2) is 24.3 Å². The summed E-state index contributed by atoms with van der Waals surface area (Å²) >= 11 is 0. The van der Waals surface area contributed by atoms with Crippen LogP contribution < -0.4 is 9.46 Å². The normalized spacial score (nSPS) is 12.9. The Labute approximate surface area is 112 Å². The summed E-state index contributed by atoms with van der Waals surface area (Å²) in [5.41, 5.74) is 0.842. The lowest BCUT2D eigenvalue weighted by molar-refractivity contribution is -0.138. The smallest absolute Gasteiger partial charge is 0.321 e. The molecule has 106 valence electrons. The first-order valence-corrected chi connectivity index (χ1v) is 7.35. The molecule has 0 fully saturated rings. The molecular formula is C12H17NO5S. The van der Waals surface area contributed by atoms with E-state index in [1.165, 1.54) is 6.92 Å². The SMILES string of the molecule is COc1ccc(CCS(=O)(=O)N[C@H](C)C(=O)O)cc1. The van der Waals surface area contributed by atoms with E-state index in [4.69, 9.17) is 9.84 Å². The molecular weight excluding hydrogens is 270 g/mol. The molecule has 1 atom stereocenters. The number of carboxylic acids is 1. The van der Waals surface area contributed by atoms with Crippen molar-refractivity contribution in [3.63, 3.8) is 0 Å². The molecule has 0 amide bonds. The third-order valence-electron chi connectivity index (χ3n) is 2.55. The van der Waals surface area contributed by atoms with Gasteiger partial charge < -0.3 is 9.84 Å². The highest BCUT2D eigenvalue weighted by Crippen LogP contribution is 2.12. The van der Waals surface area contributed by atoms with E-state index in [0.717, 1.165) is 5.56 Å². The van der Waals surface area contributed by atoms with E-state index in [1.807, 2.05) is 0 Å². The molecule has 0 spiro atoms. The molecule has 0 saturated heterocycles. The average molecular weight is 287 g/mol. The monoisotopic (exact) mass is 287 g/mol. The van der Waals surface area contributed by atoms with Crippen LogP contribution in [0.4, 0.5) is 0 Å². The van der Waals surface area contributed by atoms with Gasteiger partial charge in [0.15, 0.2) is 0 Å². The van der Waals surface area contributed by atoms with E-state index in [-0.39, 0.29) is 5.75 Å². The first kappa shape index (κ1) is 15.5. The number of sulfonamides is 1. The van der Waals surface area contributed by atoms with Gasteiger partial charge in [-0.1, -0.05) is 12.1 Å². The van der Waals surface area contributed by atoms with Crippen molar-refractivity contribution in [2.24, 2.45) is 0 Å². The number of aryl methyl sites for hydroxylation is 1. The number of ether oxygens (including phenoxy) is 1. The standard InChI is InChI=1S/C12H17NO5S/c1-9(12(14)15)13-19(16,17)8-7-10-3-5-11(18-2)6-4-10/h3-6,9,13H,7-8H2,1-2H3,(H,14,15)/t9-/m1/s1. The molecule has 0 heterocycles. The van der Waals surface area contributed by atoms with Gasteiger partial charge in [0.05, 0.1) is 12.9 Å². The summed E-state index contributed by atoms with van der Waals surface area (Å²) in [6.07, 6.45) is 0.311. The summed E-state index contributed by atoms with van der Waals surface area (Å²) in [7, 11) is -2.05. The topological polar surface area (TPSA) is 92.7 Å². The third kappa shape index (κ3) is 5.27. The molecule has 1 aromatic carbocycles. The second kappa shape index (κ2) is 6.53. The van der Waals surface area contributed by atoms with E-state index in [0.29, 0.717) is 12.2 Å². The number of hydrogen-bond donors (Lipinski definition) is 2. The molecule has 0 radical (unpaired) electrons. The van der Waals surface area contributed by atoms with Crippen LogP contribution in [0.3, 0.4) is 0 Å². The van der Waals surface area contributed by atoms with Crippen molar-refractivity contribution in [3.8, 4) is 5.75 Å². The second-order valence-electron chi connectivity index (χ2n) is 4.09. The average Bonchev–Trinajstić information content (AvgIpc) is 2.36. The minimum Gasteiger partial charge on any atom is -0.497 e. The van der Waals surface area contributed by atoms with Gasteiger partial charge in [-0.15, -0.1) is 0 Å². The maximum Gasteiger partial charge on any atom is 0.321 e. The molecule has 1 aromatic rings. The number of benzene rings is 1. The Hall–Kier alpha value is -1.60. The number of rotatable bonds is 7. The Bertz CT molecular complexity index is 524. The number of methoxy groups -OCH3 is 1. The van der Waals surface area contributed by atoms with Gasteiger partial charge in [-0.05, 0) is 31.0 Å². The summed E-state index contributed by atoms with van der Waals surface area (Å²) in [6.45, 7) is 1.28. The maximum absolute atomic E-state index is 11.6. The van der Waals surface area contributed by atoms with E-state index < -0.39 is 22.0 Å². The van der Waals surface area contributed by atoms with Gasteiger partial charge >= 0.3 is 5.97 Å². The van der Waals surface area contributed by atoms with Crippen molar-refractivity contribution >= 4 is 16.0 Å². The van der Waals surface area contributed by atoms with Crippen molar-refractivity contribution in [2.45, 2.75) is 19.4 Å². The highest BCUT2D eigenvalue weighted by atomic mass is 32.2. The lowest BCUT2D eigenvalue weighted by Gasteiger charge is -2.10. The molecule has 0 aliphatic carbocycles. The van der Waals surface area contributed by atoms with Crippen LogP contribution in [0.2, 0.25) is 0 Å². The van der Waals surface area contributed by atoms with Gasteiger partial charge in [-0.25, -0.2) is 13.1 Å². The fourth-order valence-corrected chi connectivity index (χ4v) is 2.68. The summed E-state index contributed by atoms with van der Waals surface area (Å²) in [6, 6.07) is 5.91. The minimum atomic E-state index is -3.60. The summed E-state index contributed by atoms with van der Waals surface area (Å²) < 4.78 is 30.4. The number of hydrogen-bond acceptors (Lipinski definition) is 4. The van der Waals surface area contributed by atoms with Crippen molar-refractivity contribution in [1.29, 1.82) is 0 Å². The second-order valence-corrected chi connectivity index (χ2v) is 5.97. The predicted octanol–water partition coefficient (Wildman–Crippen LogP) is 0.630. The quantitative estimate of drug-likeness (QED) is 0.767. The Morgan fingerprint density at radius 2 is 1.95 bits per heavy atom. The van der Waals surface area contributed by atoms with E-state index in [2.05, 4.69) is 4.72 Å². The number of aliphatic carboxylic acids is 1. The van der Waals surface area contributed by atoms with Crippen molar-refractivity contribution in [2.75, 3.05) is 12.9 Å². The minimum absolute atomic E-state index is 0.156. The van der Waals surface area contributed by atoms with Crippen LogP contribution in [0, 0.1) is 0 Å². The maximum atomic E-state index is 11.6. The van der Waals surface area contributed by atoms with Crippen molar-refractivity contribution in [3.05, 3.63) is 29.8 Å². The zero-order chi connectivity index (χ0) is 14.5. The van der Waals surface area contributed by atoms with Crippen LogP contribution in [0.1, 0.15) is 12.5 Å². The first-order chi connectivity index (χ1) is 8.84. The molecule has 6 nitrogen and oxygen atoms in total. The highest BCUT2D eigenvalue weighted by molar-refractivity contribution is 7.89. The molecule has 0 saturated carbocycles. The Kier molecular flexibility index (Phi) is 5.31. The van der Waals surface area contributed by atoms with Crippen molar-refractivity contribution in [1.82, 2.24) is 4.72 Å². The van der Waals surface area contributed by atoms with Gasteiger partial charge in [0.2, 0.25) is 10.0 Å². The van der Waals surface area contributed by atoms with Crippen LogP contribution in [0.5, 0.6) is 5.75 Å². The van der Waals surface area contributed by atoms with Gasteiger partial charge in [-0.3, -0.25) is 4.79 Å². The van der Waals surface area contributed by atoms with Gasteiger partial charge in [0.25, 0.3) is 0 Å². The predicted molar refractivity (Wildman–Crippen MR) is 70.7 cm³/mol. The molecule has 0 aromatic heterocycles.